The molecule has 0 radical (unpaired) electrons. The van der Waals surface area contributed by atoms with Gasteiger partial charge in [-0.2, -0.15) is 0 Å². The molecule has 2 bridgehead atoms. The average Bonchev–Trinajstić information content (AvgIpc) is 2.87. The topological polar surface area (TPSA) is 28.2 Å². The van der Waals surface area contributed by atoms with E-state index in [0.717, 1.165) is 24.4 Å². The van der Waals surface area contributed by atoms with Crippen LogP contribution < -0.4 is 5.32 Å². The first kappa shape index (κ1) is 13.5. The maximum Gasteiger partial charge on any atom is 0.0897 e. The van der Waals surface area contributed by atoms with Crippen LogP contribution in [0.1, 0.15) is 36.4 Å². The molecule has 0 aliphatic carbocycles. The third kappa shape index (κ3) is 2.71. The number of likely N-dealkylation sites (N-methyl/N-ethyl adjacent to an activating group) is 1. The fraction of sp³-hybridized carbons (Fsp3) is 0.800. The number of fused-ring (bicyclic) bond motifs is 2. The molecule has 106 valence electrons. The lowest BCUT2D eigenvalue weighted by Gasteiger charge is -2.39. The summed E-state index contributed by atoms with van der Waals surface area (Å²) in [5.41, 5.74) is 1.27. The smallest absolute Gasteiger partial charge is 0.0897 e. The number of aromatic nitrogens is 1. The van der Waals surface area contributed by atoms with Crippen LogP contribution in [0.2, 0.25) is 0 Å². The van der Waals surface area contributed by atoms with E-state index >= 15 is 0 Å². The van der Waals surface area contributed by atoms with E-state index in [0.29, 0.717) is 6.04 Å². The zero-order chi connectivity index (χ0) is 13.4. The molecule has 3 unspecified atom stereocenters. The lowest BCUT2D eigenvalue weighted by Crippen LogP contribution is -2.47. The van der Waals surface area contributed by atoms with Crippen molar-refractivity contribution in [3.8, 4) is 0 Å². The van der Waals surface area contributed by atoms with Gasteiger partial charge in [-0.1, -0.05) is 0 Å². The Hall–Kier alpha value is -0.450. The summed E-state index contributed by atoms with van der Waals surface area (Å²) in [6, 6.07) is 2.26. The lowest BCUT2D eigenvalue weighted by molar-refractivity contribution is 0.114. The molecule has 1 aromatic rings. The lowest BCUT2D eigenvalue weighted by atomic mass is 9.83. The molecule has 1 N–H and O–H groups in total. The van der Waals surface area contributed by atoms with Crippen LogP contribution in [-0.4, -0.2) is 42.1 Å². The Morgan fingerprint density at radius 1 is 1.42 bits per heavy atom. The first-order valence-electron chi connectivity index (χ1n) is 7.47. The Morgan fingerprint density at radius 2 is 2.11 bits per heavy atom. The van der Waals surface area contributed by atoms with Crippen LogP contribution in [0, 0.1) is 12.8 Å². The quantitative estimate of drug-likeness (QED) is 0.917. The van der Waals surface area contributed by atoms with Crippen molar-refractivity contribution >= 4 is 11.3 Å². The van der Waals surface area contributed by atoms with Crippen LogP contribution in [0.3, 0.4) is 0 Å². The fourth-order valence-electron chi connectivity index (χ4n) is 4.01. The molecule has 3 nitrogen and oxygen atoms in total. The first-order valence-corrected chi connectivity index (χ1v) is 8.35. The van der Waals surface area contributed by atoms with Gasteiger partial charge in [0.25, 0.3) is 0 Å². The van der Waals surface area contributed by atoms with Crippen molar-refractivity contribution in [3.63, 3.8) is 0 Å². The Bertz CT molecular complexity index is 417. The highest BCUT2D eigenvalue weighted by molar-refractivity contribution is 7.09. The molecular weight excluding hydrogens is 254 g/mol. The number of thiazole rings is 1. The van der Waals surface area contributed by atoms with Gasteiger partial charge in [-0.25, -0.2) is 4.98 Å². The minimum atomic E-state index is 0.596. The van der Waals surface area contributed by atoms with Gasteiger partial charge in [0.2, 0.25) is 0 Å². The number of hydrogen-bond donors (Lipinski definition) is 1. The second kappa shape index (κ2) is 5.51. The highest BCUT2D eigenvalue weighted by atomic mass is 32.1. The van der Waals surface area contributed by atoms with E-state index < -0.39 is 0 Å². The van der Waals surface area contributed by atoms with E-state index in [1.54, 1.807) is 11.3 Å². The second-order valence-corrected chi connectivity index (χ2v) is 7.30. The van der Waals surface area contributed by atoms with Gasteiger partial charge >= 0.3 is 0 Å². The van der Waals surface area contributed by atoms with Gasteiger partial charge in [-0.05, 0) is 52.6 Å². The van der Waals surface area contributed by atoms with Crippen molar-refractivity contribution in [3.05, 3.63) is 16.1 Å². The Balaban J connectivity index is 1.66. The summed E-state index contributed by atoms with van der Waals surface area (Å²) in [6.07, 6.45) is 6.63. The minimum absolute atomic E-state index is 0.596. The van der Waals surface area contributed by atoms with Crippen molar-refractivity contribution in [1.29, 1.82) is 0 Å². The number of piperidine rings is 1. The molecule has 3 heterocycles. The molecule has 19 heavy (non-hydrogen) atoms. The predicted molar refractivity (Wildman–Crippen MR) is 80.7 cm³/mol. The molecule has 1 aromatic heterocycles. The van der Waals surface area contributed by atoms with Gasteiger partial charge in [0.05, 0.1) is 10.7 Å². The van der Waals surface area contributed by atoms with Gasteiger partial charge in [0, 0.05) is 29.9 Å². The van der Waals surface area contributed by atoms with E-state index in [1.165, 1.54) is 36.4 Å². The van der Waals surface area contributed by atoms with Crippen LogP contribution in [0.15, 0.2) is 5.38 Å². The summed E-state index contributed by atoms with van der Waals surface area (Å²) >= 11 is 1.77. The summed E-state index contributed by atoms with van der Waals surface area (Å²) in [5.74, 6) is 0.820. The molecule has 2 saturated heterocycles. The maximum atomic E-state index is 4.63. The van der Waals surface area contributed by atoms with E-state index in [2.05, 4.69) is 41.6 Å². The third-order valence-electron chi connectivity index (χ3n) is 5.17. The van der Waals surface area contributed by atoms with Gasteiger partial charge in [0.1, 0.15) is 0 Å². The van der Waals surface area contributed by atoms with Gasteiger partial charge in [-0.3, -0.25) is 0 Å². The van der Waals surface area contributed by atoms with Crippen molar-refractivity contribution in [2.75, 3.05) is 14.1 Å². The molecular formula is C15H25N3S. The highest BCUT2D eigenvalue weighted by Gasteiger charge is 2.40. The molecule has 4 heteroatoms. The number of rotatable bonds is 4. The summed E-state index contributed by atoms with van der Waals surface area (Å²) in [6.45, 7) is 2.10. The summed E-state index contributed by atoms with van der Waals surface area (Å²) in [4.78, 5) is 7.25. The zero-order valence-corrected chi connectivity index (χ0v) is 13.0. The van der Waals surface area contributed by atoms with Crippen molar-refractivity contribution < 1.29 is 0 Å². The molecule has 0 amide bonds. The van der Waals surface area contributed by atoms with Gasteiger partial charge in [0.15, 0.2) is 0 Å². The largest absolute Gasteiger partial charge is 0.316 e. The molecule has 0 aromatic carbocycles. The molecule has 2 fully saturated rings. The van der Waals surface area contributed by atoms with E-state index in [9.17, 15) is 0 Å². The molecule has 3 atom stereocenters. The standard InChI is InChI=1S/C15H25N3S/c1-10-17-12(9-19-10)8-15(16-2)11-6-13-4-5-14(7-11)18(13)3/h9,11,13-16H,4-8H2,1-3H3. The monoisotopic (exact) mass is 279 g/mol. The average molecular weight is 279 g/mol. The fourth-order valence-corrected chi connectivity index (χ4v) is 4.64. The zero-order valence-electron chi connectivity index (χ0n) is 12.2. The molecule has 2 aliphatic heterocycles. The summed E-state index contributed by atoms with van der Waals surface area (Å²) < 4.78 is 0. The number of hydrogen-bond acceptors (Lipinski definition) is 4. The van der Waals surface area contributed by atoms with Crippen LogP contribution >= 0.6 is 11.3 Å². The Kier molecular flexibility index (Phi) is 3.92. The van der Waals surface area contributed by atoms with Crippen LogP contribution in [0.25, 0.3) is 0 Å². The highest BCUT2D eigenvalue weighted by Crippen LogP contribution is 2.39. The van der Waals surface area contributed by atoms with Crippen molar-refractivity contribution in [1.82, 2.24) is 15.2 Å². The van der Waals surface area contributed by atoms with Crippen LogP contribution in [-0.2, 0) is 6.42 Å². The Labute approximate surface area is 120 Å². The summed E-state index contributed by atoms with van der Waals surface area (Å²) in [7, 11) is 4.43. The number of aryl methyl sites for hydroxylation is 1. The predicted octanol–water partition coefficient (Wildman–Crippen LogP) is 2.45. The van der Waals surface area contributed by atoms with Crippen LogP contribution in [0.5, 0.6) is 0 Å². The minimum Gasteiger partial charge on any atom is -0.316 e. The van der Waals surface area contributed by atoms with Gasteiger partial charge < -0.3 is 10.2 Å². The van der Waals surface area contributed by atoms with E-state index in [1.807, 2.05) is 0 Å². The van der Waals surface area contributed by atoms with Crippen molar-refractivity contribution in [2.45, 2.75) is 57.2 Å². The first-order chi connectivity index (χ1) is 9.17. The third-order valence-corrected chi connectivity index (χ3v) is 5.99. The maximum absolute atomic E-state index is 4.63. The van der Waals surface area contributed by atoms with Crippen LogP contribution in [0.4, 0.5) is 0 Å². The summed E-state index contributed by atoms with van der Waals surface area (Å²) in [5, 5.41) is 6.97. The molecule has 0 spiro atoms. The van der Waals surface area contributed by atoms with Gasteiger partial charge in [-0.15, -0.1) is 11.3 Å². The van der Waals surface area contributed by atoms with E-state index in [4.69, 9.17) is 0 Å². The number of nitrogens with zero attached hydrogens (tertiary/aromatic N) is 2. The number of nitrogens with one attached hydrogen (secondary N) is 1. The molecule has 0 saturated carbocycles. The molecule has 2 aliphatic rings. The van der Waals surface area contributed by atoms with Crippen molar-refractivity contribution in [2.24, 2.45) is 5.92 Å². The normalized spacial score (nSPS) is 32.7. The SMILES string of the molecule is CNC(Cc1csc(C)n1)C1CC2CCC(C1)N2C. The van der Waals surface area contributed by atoms with E-state index in [-0.39, 0.29) is 0 Å². The Morgan fingerprint density at radius 3 is 2.63 bits per heavy atom. The molecule has 3 rings (SSSR count). The second-order valence-electron chi connectivity index (χ2n) is 6.24.